The molecule has 0 amide bonds. The van der Waals surface area contributed by atoms with Gasteiger partial charge in [0.1, 0.15) is 15.1 Å². The second-order valence-corrected chi connectivity index (χ2v) is 3.48. The molecule has 54 valence electrons. The first-order chi connectivity index (χ1) is 4.74. The molecule has 0 atom stereocenters. The topological polar surface area (TPSA) is 62.8 Å². The van der Waals surface area contributed by atoms with Gasteiger partial charge in [-0.3, -0.25) is 5.41 Å². The molecule has 3 nitrogen and oxygen atoms in total. The standard InChI is InChI=1S/C5H7N3S2/c1-9-4(7)5-8-2-3(6)10-5/h2,7H,6H2,1H3. The van der Waals surface area contributed by atoms with Gasteiger partial charge in [-0.25, -0.2) is 4.98 Å². The predicted octanol–water partition coefficient (Wildman–Crippen LogP) is 1.41. The van der Waals surface area contributed by atoms with Gasteiger partial charge in [-0.05, 0) is 6.26 Å². The molecule has 1 aromatic heterocycles. The fraction of sp³-hybridized carbons (Fsp3) is 0.200. The van der Waals surface area contributed by atoms with Crippen LogP contribution in [0.4, 0.5) is 5.00 Å². The van der Waals surface area contributed by atoms with Crippen molar-refractivity contribution in [2.45, 2.75) is 0 Å². The number of nitrogens with two attached hydrogens (primary N) is 1. The predicted molar refractivity (Wildman–Crippen MR) is 46.9 cm³/mol. The Bertz CT molecular complexity index is 243. The van der Waals surface area contributed by atoms with E-state index in [-0.39, 0.29) is 0 Å². The molecule has 1 heterocycles. The number of hydrogen-bond acceptors (Lipinski definition) is 5. The molecule has 0 aromatic carbocycles. The molecular formula is C5H7N3S2. The van der Waals surface area contributed by atoms with Gasteiger partial charge >= 0.3 is 0 Å². The highest BCUT2D eigenvalue weighted by molar-refractivity contribution is 8.13. The second-order valence-electron chi connectivity index (χ2n) is 1.60. The first kappa shape index (κ1) is 7.56. The van der Waals surface area contributed by atoms with Crippen LogP contribution < -0.4 is 5.73 Å². The average molecular weight is 173 g/mol. The van der Waals surface area contributed by atoms with Crippen LogP contribution in [0, 0.1) is 5.41 Å². The van der Waals surface area contributed by atoms with Gasteiger partial charge in [0.25, 0.3) is 0 Å². The van der Waals surface area contributed by atoms with E-state index in [0.29, 0.717) is 15.1 Å². The molecule has 3 N–H and O–H groups in total. The molecule has 0 saturated heterocycles. The molecule has 0 aliphatic rings. The summed E-state index contributed by atoms with van der Waals surface area (Å²) in [4.78, 5) is 3.93. The lowest BCUT2D eigenvalue weighted by atomic mass is 10.7. The Hall–Kier alpha value is -0.550. The molecular weight excluding hydrogens is 166 g/mol. The van der Waals surface area contributed by atoms with Crippen LogP contribution in [0.1, 0.15) is 5.01 Å². The smallest absolute Gasteiger partial charge is 0.149 e. The summed E-state index contributed by atoms with van der Waals surface area (Å²) in [6, 6.07) is 0. The van der Waals surface area contributed by atoms with Gasteiger partial charge in [0, 0.05) is 0 Å². The minimum Gasteiger partial charge on any atom is -0.389 e. The third-order valence-corrected chi connectivity index (χ3v) is 2.50. The van der Waals surface area contributed by atoms with Crippen molar-refractivity contribution in [1.29, 1.82) is 5.41 Å². The summed E-state index contributed by atoms with van der Waals surface area (Å²) in [5.41, 5.74) is 5.42. The highest BCUT2D eigenvalue weighted by atomic mass is 32.2. The van der Waals surface area contributed by atoms with Crippen LogP contribution in [0.5, 0.6) is 0 Å². The number of anilines is 1. The molecule has 1 rings (SSSR count). The number of nitrogen functional groups attached to an aromatic ring is 1. The van der Waals surface area contributed by atoms with Crippen LogP contribution in [-0.4, -0.2) is 16.3 Å². The lowest BCUT2D eigenvalue weighted by molar-refractivity contribution is 1.38. The van der Waals surface area contributed by atoms with Crippen molar-refractivity contribution in [3.05, 3.63) is 11.2 Å². The summed E-state index contributed by atoms with van der Waals surface area (Å²) < 4.78 is 0. The van der Waals surface area contributed by atoms with Gasteiger partial charge in [0.2, 0.25) is 0 Å². The zero-order valence-corrected chi connectivity index (χ0v) is 7.05. The molecule has 5 heteroatoms. The lowest BCUT2D eigenvalue weighted by Gasteiger charge is -1.89. The maximum Gasteiger partial charge on any atom is 0.149 e. The summed E-state index contributed by atoms with van der Waals surface area (Å²) >= 11 is 2.71. The Morgan fingerprint density at radius 2 is 2.60 bits per heavy atom. The number of thiazole rings is 1. The second kappa shape index (κ2) is 3.03. The van der Waals surface area contributed by atoms with E-state index in [1.807, 2.05) is 6.26 Å². The fourth-order valence-electron chi connectivity index (χ4n) is 0.479. The Kier molecular flexibility index (Phi) is 2.29. The zero-order chi connectivity index (χ0) is 7.56. The van der Waals surface area contributed by atoms with E-state index in [2.05, 4.69) is 4.98 Å². The first-order valence-corrected chi connectivity index (χ1v) is 4.62. The van der Waals surface area contributed by atoms with Crippen LogP contribution >= 0.6 is 23.1 Å². The van der Waals surface area contributed by atoms with Gasteiger partial charge in [-0.1, -0.05) is 11.3 Å². The summed E-state index contributed by atoms with van der Waals surface area (Å²) in [5, 5.41) is 9.18. The third kappa shape index (κ3) is 1.48. The molecule has 0 radical (unpaired) electrons. The van der Waals surface area contributed by atoms with Crippen LogP contribution in [0.25, 0.3) is 0 Å². The SMILES string of the molecule is CSC(=N)c1ncc(N)s1. The molecule has 0 spiro atoms. The Balaban J connectivity index is 2.85. The monoisotopic (exact) mass is 173 g/mol. The number of nitrogens with one attached hydrogen (secondary N) is 1. The third-order valence-electron chi connectivity index (χ3n) is 0.922. The number of nitrogens with zero attached hydrogens (tertiary/aromatic N) is 1. The maximum atomic E-state index is 7.35. The molecule has 1 aromatic rings. The van der Waals surface area contributed by atoms with Crippen LogP contribution in [-0.2, 0) is 0 Å². The normalized spacial score (nSPS) is 9.70. The molecule has 0 unspecified atom stereocenters. The Morgan fingerprint density at radius 3 is 3.00 bits per heavy atom. The Labute approximate surface area is 67.2 Å². The average Bonchev–Trinajstić information content (AvgIpc) is 2.34. The van der Waals surface area contributed by atoms with Crippen molar-refractivity contribution >= 4 is 33.1 Å². The summed E-state index contributed by atoms with van der Waals surface area (Å²) in [7, 11) is 0. The van der Waals surface area contributed by atoms with Gasteiger partial charge in [-0.15, -0.1) is 11.8 Å². The van der Waals surface area contributed by atoms with Gasteiger partial charge in [0.15, 0.2) is 0 Å². The first-order valence-electron chi connectivity index (χ1n) is 2.58. The minimum atomic E-state index is 0.474. The number of aromatic nitrogens is 1. The highest BCUT2D eigenvalue weighted by Gasteiger charge is 2.02. The number of thioether (sulfide) groups is 1. The zero-order valence-electron chi connectivity index (χ0n) is 5.42. The van der Waals surface area contributed by atoms with E-state index in [1.54, 1.807) is 6.20 Å². The van der Waals surface area contributed by atoms with E-state index in [0.717, 1.165) is 0 Å². The van der Waals surface area contributed by atoms with Crippen molar-refractivity contribution in [3.8, 4) is 0 Å². The van der Waals surface area contributed by atoms with E-state index in [4.69, 9.17) is 11.1 Å². The van der Waals surface area contributed by atoms with Crippen molar-refractivity contribution in [3.63, 3.8) is 0 Å². The fourth-order valence-corrected chi connectivity index (χ4v) is 1.61. The van der Waals surface area contributed by atoms with E-state index in [1.165, 1.54) is 23.1 Å². The molecule has 10 heavy (non-hydrogen) atoms. The van der Waals surface area contributed by atoms with Gasteiger partial charge < -0.3 is 5.73 Å². The van der Waals surface area contributed by atoms with E-state index >= 15 is 0 Å². The Morgan fingerprint density at radius 1 is 1.90 bits per heavy atom. The van der Waals surface area contributed by atoms with E-state index in [9.17, 15) is 0 Å². The largest absolute Gasteiger partial charge is 0.389 e. The number of hydrogen-bond donors (Lipinski definition) is 2. The van der Waals surface area contributed by atoms with Gasteiger partial charge in [0.05, 0.1) is 6.20 Å². The summed E-state index contributed by atoms with van der Waals surface area (Å²) in [5.74, 6) is 0. The van der Waals surface area contributed by atoms with Crippen LogP contribution in [0.3, 0.4) is 0 Å². The van der Waals surface area contributed by atoms with Crippen LogP contribution in [0.15, 0.2) is 6.20 Å². The van der Waals surface area contributed by atoms with Gasteiger partial charge in [-0.2, -0.15) is 0 Å². The van der Waals surface area contributed by atoms with E-state index < -0.39 is 0 Å². The summed E-state index contributed by atoms with van der Waals surface area (Å²) in [6.45, 7) is 0. The molecule has 0 bridgehead atoms. The van der Waals surface area contributed by atoms with Crippen molar-refractivity contribution in [2.24, 2.45) is 0 Å². The minimum absolute atomic E-state index is 0.474. The van der Waals surface area contributed by atoms with Crippen molar-refractivity contribution < 1.29 is 0 Å². The molecule has 0 aliphatic heterocycles. The molecule has 0 saturated carbocycles. The number of rotatable bonds is 1. The lowest BCUT2D eigenvalue weighted by Crippen LogP contribution is -1.88. The molecule has 0 fully saturated rings. The van der Waals surface area contributed by atoms with Crippen LogP contribution in [0.2, 0.25) is 0 Å². The quantitative estimate of drug-likeness (QED) is 0.498. The maximum absolute atomic E-state index is 7.35. The van der Waals surface area contributed by atoms with Crippen molar-refractivity contribution in [2.75, 3.05) is 12.0 Å². The van der Waals surface area contributed by atoms with Crippen molar-refractivity contribution in [1.82, 2.24) is 4.98 Å². The molecule has 0 aliphatic carbocycles. The summed E-state index contributed by atoms with van der Waals surface area (Å²) in [6.07, 6.45) is 3.42. The highest BCUT2D eigenvalue weighted by Crippen LogP contribution is 2.18.